The van der Waals surface area contributed by atoms with Crippen LogP contribution in [0.15, 0.2) is 140 Å². The molecule has 5 aromatic rings. The molecular formula is C33H24ClNO2. The third kappa shape index (κ3) is 4.82. The van der Waals surface area contributed by atoms with Crippen LogP contribution in [-0.4, -0.2) is 11.1 Å². The van der Waals surface area contributed by atoms with E-state index < -0.39 is 10.7 Å². The molecule has 0 radical (unpaired) electrons. The Bertz CT molecular complexity index is 1420. The molecule has 0 saturated carbocycles. The van der Waals surface area contributed by atoms with Crippen LogP contribution < -0.4 is 5.32 Å². The Labute approximate surface area is 221 Å². The molecule has 0 heterocycles. The summed E-state index contributed by atoms with van der Waals surface area (Å²) in [4.78, 5) is 24.4. The van der Waals surface area contributed by atoms with Crippen LogP contribution in [0.4, 0.5) is 5.69 Å². The fourth-order valence-electron chi connectivity index (χ4n) is 4.85. The Hall–Kier alpha value is -4.47. The maximum Gasteiger partial charge on any atom is 0.255 e. The molecule has 0 unspecified atom stereocenters. The van der Waals surface area contributed by atoms with Gasteiger partial charge >= 0.3 is 0 Å². The van der Waals surface area contributed by atoms with E-state index in [1.807, 2.05) is 30.3 Å². The van der Waals surface area contributed by atoms with Gasteiger partial charge in [-0.05, 0) is 58.1 Å². The Morgan fingerprint density at radius 3 is 1.41 bits per heavy atom. The smallest absolute Gasteiger partial charge is 0.255 e. The van der Waals surface area contributed by atoms with Crippen molar-refractivity contribution in [3.63, 3.8) is 0 Å². The fraction of sp³-hybridized carbons (Fsp3) is 0.0303. The van der Waals surface area contributed by atoms with Gasteiger partial charge in [0.25, 0.3) is 11.1 Å². The van der Waals surface area contributed by atoms with Gasteiger partial charge in [-0.2, -0.15) is 0 Å². The minimum atomic E-state index is -0.599. The molecule has 0 aliphatic carbocycles. The van der Waals surface area contributed by atoms with Crippen molar-refractivity contribution in [3.8, 4) is 0 Å². The summed E-state index contributed by atoms with van der Waals surface area (Å²) >= 11 is 5.58. The lowest BCUT2D eigenvalue weighted by Gasteiger charge is -2.37. The number of hydrogen-bond acceptors (Lipinski definition) is 2. The Morgan fingerprint density at radius 2 is 0.946 bits per heavy atom. The molecule has 0 atom stereocenters. The van der Waals surface area contributed by atoms with Gasteiger partial charge in [-0.15, -0.1) is 0 Å². The van der Waals surface area contributed by atoms with E-state index in [1.165, 1.54) is 6.07 Å². The molecule has 0 saturated heterocycles. The standard InChI is InChI=1S/C33H24ClNO2/c34-31(36)24-11-10-12-25(23-24)32(37)35-30-21-19-29(20-22-30)33(26-13-4-1-5-14-26,27-15-6-2-7-16-27)28-17-8-3-9-18-28/h1-23H,(H,35,37). The summed E-state index contributed by atoms with van der Waals surface area (Å²) in [7, 11) is 0. The Morgan fingerprint density at radius 1 is 0.514 bits per heavy atom. The highest BCUT2D eigenvalue weighted by Gasteiger charge is 2.38. The van der Waals surface area contributed by atoms with Crippen LogP contribution in [0.3, 0.4) is 0 Å². The zero-order valence-corrected chi connectivity index (χ0v) is 20.7. The van der Waals surface area contributed by atoms with E-state index in [0.717, 1.165) is 22.3 Å². The van der Waals surface area contributed by atoms with E-state index in [4.69, 9.17) is 11.6 Å². The molecule has 0 aliphatic rings. The molecule has 1 N–H and O–H groups in total. The van der Waals surface area contributed by atoms with Crippen LogP contribution in [-0.2, 0) is 5.41 Å². The van der Waals surface area contributed by atoms with Gasteiger partial charge in [0.1, 0.15) is 0 Å². The first-order valence-electron chi connectivity index (χ1n) is 12.0. The van der Waals surface area contributed by atoms with Gasteiger partial charge in [-0.3, -0.25) is 9.59 Å². The second-order valence-corrected chi connectivity index (χ2v) is 9.08. The largest absolute Gasteiger partial charge is 0.322 e. The zero-order valence-electron chi connectivity index (χ0n) is 20.0. The molecule has 3 nitrogen and oxygen atoms in total. The highest BCUT2D eigenvalue weighted by molar-refractivity contribution is 6.67. The van der Waals surface area contributed by atoms with E-state index in [2.05, 4.69) is 90.2 Å². The monoisotopic (exact) mass is 501 g/mol. The van der Waals surface area contributed by atoms with Crippen LogP contribution in [0, 0.1) is 0 Å². The van der Waals surface area contributed by atoms with Crippen molar-refractivity contribution in [1.29, 1.82) is 0 Å². The van der Waals surface area contributed by atoms with Crippen molar-refractivity contribution < 1.29 is 9.59 Å². The molecule has 0 bridgehead atoms. The SMILES string of the molecule is O=C(Cl)c1cccc(C(=O)Nc2ccc(C(c3ccccc3)(c3ccccc3)c3ccccc3)cc2)c1. The highest BCUT2D eigenvalue weighted by Crippen LogP contribution is 2.45. The number of carbonyl (C=O) groups excluding carboxylic acids is 2. The average molecular weight is 502 g/mol. The molecule has 0 spiro atoms. The predicted octanol–water partition coefficient (Wildman–Crippen LogP) is 7.70. The molecule has 0 aliphatic heterocycles. The van der Waals surface area contributed by atoms with E-state index in [0.29, 0.717) is 11.3 Å². The number of halogens is 1. The second kappa shape index (κ2) is 10.7. The summed E-state index contributed by atoms with van der Waals surface area (Å²) in [6.07, 6.45) is 0. The maximum atomic E-state index is 12.9. The van der Waals surface area contributed by atoms with Crippen molar-refractivity contribution in [1.82, 2.24) is 0 Å². The number of benzene rings is 5. The summed E-state index contributed by atoms with van der Waals surface area (Å²) in [6, 6.07) is 45.6. The number of nitrogens with one attached hydrogen (secondary N) is 1. The lowest BCUT2D eigenvalue weighted by Crippen LogP contribution is -2.31. The fourth-order valence-corrected chi connectivity index (χ4v) is 4.97. The first kappa shape index (κ1) is 24.2. The van der Waals surface area contributed by atoms with Gasteiger partial charge < -0.3 is 5.32 Å². The quantitative estimate of drug-likeness (QED) is 0.183. The molecule has 37 heavy (non-hydrogen) atoms. The maximum absolute atomic E-state index is 12.9. The molecule has 180 valence electrons. The summed E-state index contributed by atoms with van der Waals surface area (Å²) in [5.74, 6) is -0.312. The van der Waals surface area contributed by atoms with Crippen molar-refractivity contribution in [3.05, 3.63) is 173 Å². The van der Waals surface area contributed by atoms with Crippen LogP contribution >= 0.6 is 11.6 Å². The third-order valence-electron chi connectivity index (χ3n) is 6.55. The lowest BCUT2D eigenvalue weighted by molar-refractivity contribution is 0.102. The summed E-state index contributed by atoms with van der Waals surface area (Å²) in [5, 5.41) is 2.33. The van der Waals surface area contributed by atoms with E-state index in [-0.39, 0.29) is 11.5 Å². The number of carbonyl (C=O) groups is 2. The van der Waals surface area contributed by atoms with Crippen molar-refractivity contribution >= 4 is 28.4 Å². The minimum Gasteiger partial charge on any atom is -0.322 e. The molecule has 0 fully saturated rings. The average Bonchev–Trinajstić information content (AvgIpc) is 2.96. The van der Waals surface area contributed by atoms with E-state index >= 15 is 0 Å². The summed E-state index contributed by atoms with van der Waals surface area (Å²) in [5.41, 5.74) is 5.25. The van der Waals surface area contributed by atoms with Crippen molar-refractivity contribution in [2.75, 3.05) is 5.32 Å². The Kier molecular flexibility index (Phi) is 6.98. The molecule has 1 amide bonds. The van der Waals surface area contributed by atoms with E-state index in [9.17, 15) is 9.59 Å². The normalized spacial score (nSPS) is 11.1. The van der Waals surface area contributed by atoms with Gasteiger partial charge in [0, 0.05) is 16.8 Å². The predicted molar refractivity (Wildman–Crippen MR) is 149 cm³/mol. The first-order chi connectivity index (χ1) is 18.1. The topological polar surface area (TPSA) is 46.2 Å². The third-order valence-corrected chi connectivity index (χ3v) is 6.77. The lowest BCUT2D eigenvalue weighted by atomic mass is 9.65. The minimum absolute atomic E-state index is 0.281. The summed E-state index contributed by atoms with van der Waals surface area (Å²) < 4.78 is 0. The van der Waals surface area contributed by atoms with Gasteiger partial charge in [-0.25, -0.2) is 0 Å². The number of anilines is 1. The zero-order chi connectivity index (χ0) is 25.7. The van der Waals surface area contributed by atoms with Crippen molar-refractivity contribution in [2.24, 2.45) is 0 Å². The van der Waals surface area contributed by atoms with Crippen LogP contribution in [0.1, 0.15) is 43.0 Å². The van der Waals surface area contributed by atoms with Gasteiger partial charge in [-0.1, -0.05) is 115 Å². The number of amides is 1. The number of hydrogen-bond donors (Lipinski definition) is 1. The van der Waals surface area contributed by atoms with Gasteiger partial charge in [0.2, 0.25) is 0 Å². The molecule has 0 aromatic heterocycles. The van der Waals surface area contributed by atoms with Crippen LogP contribution in [0.25, 0.3) is 0 Å². The molecule has 4 heteroatoms. The summed E-state index contributed by atoms with van der Waals surface area (Å²) in [6.45, 7) is 0. The van der Waals surface area contributed by atoms with Crippen molar-refractivity contribution in [2.45, 2.75) is 5.41 Å². The van der Waals surface area contributed by atoms with E-state index in [1.54, 1.807) is 18.2 Å². The van der Waals surface area contributed by atoms with Crippen LogP contribution in [0.5, 0.6) is 0 Å². The number of rotatable bonds is 7. The van der Waals surface area contributed by atoms with Gasteiger partial charge in [0.15, 0.2) is 0 Å². The highest BCUT2D eigenvalue weighted by atomic mass is 35.5. The molecular weight excluding hydrogens is 478 g/mol. The van der Waals surface area contributed by atoms with Crippen LogP contribution in [0.2, 0.25) is 0 Å². The molecule has 5 aromatic carbocycles. The molecule has 5 rings (SSSR count). The first-order valence-corrected chi connectivity index (χ1v) is 12.3. The van der Waals surface area contributed by atoms with Gasteiger partial charge in [0.05, 0.1) is 5.41 Å². The second-order valence-electron chi connectivity index (χ2n) is 8.73. The Balaban J connectivity index is 1.58.